The van der Waals surface area contributed by atoms with Crippen molar-refractivity contribution >= 4 is 23.6 Å². The lowest BCUT2D eigenvalue weighted by Gasteiger charge is -2.31. The van der Waals surface area contributed by atoms with Crippen LogP contribution in [-0.4, -0.2) is 52.6 Å². The highest BCUT2D eigenvalue weighted by Crippen LogP contribution is 2.23. The van der Waals surface area contributed by atoms with Gasteiger partial charge in [-0.25, -0.2) is 0 Å². The van der Waals surface area contributed by atoms with Gasteiger partial charge < -0.3 is 10.2 Å². The number of carbonyl (C=O) groups is 4. The van der Waals surface area contributed by atoms with Crippen LogP contribution in [-0.2, 0) is 16.1 Å². The van der Waals surface area contributed by atoms with Crippen LogP contribution in [0.4, 0.5) is 0 Å². The highest BCUT2D eigenvalue weighted by Gasteiger charge is 2.35. The molecule has 7 nitrogen and oxygen atoms in total. The molecule has 1 atom stereocenters. The van der Waals surface area contributed by atoms with Crippen molar-refractivity contribution in [1.29, 1.82) is 0 Å². The predicted molar refractivity (Wildman–Crippen MR) is 135 cm³/mol. The monoisotopic (exact) mass is 477 g/mol. The van der Waals surface area contributed by atoms with Crippen LogP contribution in [0.15, 0.2) is 48.5 Å². The van der Waals surface area contributed by atoms with Gasteiger partial charge in [-0.1, -0.05) is 62.2 Å². The first kappa shape index (κ1) is 26.1. The lowest BCUT2D eigenvalue weighted by molar-refractivity contribution is -0.141. The molecule has 0 spiro atoms. The largest absolute Gasteiger partial charge is 0.354 e. The Balaban J connectivity index is 1.68. The molecule has 2 aromatic rings. The van der Waals surface area contributed by atoms with Gasteiger partial charge in [0.2, 0.25) is 11.8 Å². The Morgan fingerprint density at radius 1 is 0.943 bits per heavy atom. The molecule has 0 fully saturated rings. The molecule has 1 heterocycles. The number of fused-ring (bicyclic) bond motifs is 1. The zero-order valence-electron chi connectivity index (χ0n) is 20.9. The zero-order valence-corrected chi connectivity index (χ0v) is 20.9. The van der Waals surface area contributed by atoms with Gasteiger partial charge >= 0.3 is 0 Å². The minimum absolute atomic E-state index is 0.137. The SMILES string of the molecule is CCCCNC(=O)C(CC)N(Cc1ccc(C)cc1)C(=O)CCCN1C(=O)c2ccccc2C1=O. The molecule has 0 bridgehead atoms. The number of benzene rings is 2. The molecule has 0 saturated carbocycles. The maximum Gasteiger partial charge on any atom is 0.261 e. The standard InChI is InChI=1S/C28H35N3O4/c1-4-6-17-29-26(33)24(5-2)31(19-21-15-13-20(3)14-16-21)25(32)12-9-18-30-27(34)22-10-7-8-11-23(22)28(30)35/h7-8,10-11,13-16,24H,4-6,9,12,17-19H2,1-3H3,(H,29,33). The van der Waals surface area contributed by atoms with E-state index in [1.807, 2.05) is 38.1 Å². The fourth-order valence-electron chi connectivity index (χ4n) is 4.29. The molecular weight excluding hydrogens is 442 g/mol. The van der Waals surface area contributed by atoms with Gasteiger partial charge in [-0.3, -0.25) is 24.1 Å². The molecule has 1 N–H and O–H groups in total. The summed E-state index contributed by atoms with van der Waals surface area (Å²) >= 11 is 0. The summed E-state index contributed by atoms with van der Waals surface area (Å²) in [6.45, 7) is 7.03. The van der Waals surface area contributed by atoms with Crippen molar-refractivity contribution < 1.29 is 19.2 Å². The first-order valence-corrected chi connectivity index (χ1v) is 12.4. The van der Waals surface area contributed by atoms with Crippen LogP contribution in [0.5, 0.6) is 0 Å². The number of hydrogen-bond donors (Lipinski definition) is 1. The van der Waals surface area contributed by atoms with E-state index in [1.54, 1.807) is 29.2 Å². The van der Waals surface area contributed by atoms with Crippen LogP contribution in [0.3, 0.4) is 0 Å². The number of unbranched alkanes of at least 4 members (excludes halogenated alkanes) is 1. The van der Waals surface area contributed by atoms with E-state index in [1.165, 1.54) is 4.90 Å². The number of imide groups is 1. The summed E-state index contributed by atoms with van der Waals surface area (Å²) in [6, 6.07) is 14.1. The molecule has 35 heavy (non-hydrogen) atoms. The maximum atomic E-state index is 13.4. The van der Waals surface area contributed by atoms with Gasteiger partial charge in [0.25, 0.3) is 11.8 Å². The molecule has 4 amide bonds. The van der Waals surface area contributed by atoms with E-state index in [9.17, 15) is 19.2 Å². The van der Waals surface area contributed by atoms with Crippen molar-refractivity contribution in [3.63, 3.8) is 0 Å². The van der Waals surface area contributed by atoms with E-state index < -0.39 is 6.04 Å². The maximum absolute atomic E-state index is 13.4. The van der Waals surface area contributed by atoms with E-state index >= 15 is 0 Å². The van der Waals surface area contributed by atoms with Crippen LogP contribution in [0.1, 0.15) is 77.8 Å². The Hall–Kier alpha value is -3.48. The predicted octanol–water partition coefficient (Wildman–Crippen LogP) is 4.09. The molecular formula is C28H35N3O4. The van der Waals surface area contributed by atoms with Crippen molar-refractivity contribution in [2.24, 2.45) is 0 Å². The summed E-state index contributed by atoms with van der Waals surface area (Å²) < 4.78 is 0. The number of nitrogens with one attached hydrogen (secondary N) is 1. The number of aryl methyl sites for hydroxylation is 1. The van der Waals surface area contributed by atoms with Crippen LogP contribution < -0.4 is 5.32 Å². The van der Waals surface area contributed by atoms with E-state index in [4.69, 9.17) is 0 Å². The van der Waals surface area contributed by atoms with Crippen LogP contribution in [0, 0.1) is 6.92 Å². The van der Waals surface area contributed by atoms with Gasteiger partial charge in [0.15, 0.2) is 0 Å². The van der Waals surface area contributed by atoms with Gasteiger partial charge in [-0.05, 0) is 43.9 Å². The average Bonchev–Trinajstić information content (AvgIpc) is 3.10. The molecule has 1 aliphatic rings. The summed E-state index contributed by atoms with van der Waals surface area (Å²) in [6.07, 6.45) is 2.82. The number of nitrogens with zero attached hydrogens (tertiary/aromatic N) is 2. The Bertz CT molecular complexity index is 1030. The van der Waals surface area contributed by atoms with Crippen molar-refractivity contribution in [3.8, 4) is 0 Å². The Kier molecular flexibility index (Phi) is 9.18. The molecule has 0 radical (unpaired) electrons. The molecule has 3 rings (SSSR count). The number of hydrogen-bond acceptors (Lipinski definition) is 4. The van der Waals surface area contributed by atoms with Gasteiger partial charge in [0, 0.05) is 26.1 Å². The van der Waals surface area contributed by atoms with Crippen molar-refractivity contribution in [3.05, 3.63) is 70.8 Å². The Labute approximate surface area is 207 Å². The lowest BCUT2D eigenvalue weighted by Crippen LogP contribution is -2.49. The summed E-state index contributed by atoms with van der Waals surface area (Å²) in [5.41, 5.74) is 2.88. The summed E-state index contributed by atoms with van der Waals surface area (Å²) in [7, 11) is 0. The van der Waals surface area contributed by atoms with Crippen molar-refractivity contribution in [2.75, 3.05) is 13.1 Å². The first-order valence-electron chi connectivity index (χ1n) is 12.4. The molecule has 1 unspecified atom stereocenters. The fraction of sp³-hybridized carbons (Fsp3) is 0.429. The second kappa shape index (κ2) is 12.3. The third-order valence-corrected chi connectivity index (χ3v) is 6.34. The molecule has 0 saturated heterocycles. The van der Waals surface area contributed by atoms with E-state index in [2.05, 4.69) is 12.2 Å². The average molecular weight is 478 g/mol. The Morgan fingerprint density at radius 3 is 2.14 bits per heavy atom. The van der Waals surface area contributed by atoms with Crippen LogP contribution in [0.2, 0.25) is 0 Å². The highest BCUT2D eigenvalue weighted by molar-refractivity contribution is 6.21. The minimum atomic E-state index is -0.583. The number of amides is 4. The van der Waals surface area contributed by atoms with Crippen molar-refractivity contribution in [1.82, 2.24) is 15.1 Å². The molecule has 7 heteroatoms. The zero-order chi connectivity index (χ0) is 25.4. The second-order valence-electron chi connectivity index (χ2n) is 8.99. The summed E-state index contributed by atoms with van der Waals surface area (Å²) in [5, 5.41) is 2.96. The third kappa shape index (κ3) is 6.35. The van der Waals surface area contributed by atoms with E-state index in [0.717, 1.165) is 24.0 Å². The molecule has 2 aromatic carbocycles. The van der Waals surface area contributed by atoms with Gasteiger partial charge in [-0.15, -0.1) is 0 Å². The molecule has 1 aliphatic heterocycles. The summed E-state index contributed by atoms with van der Waals surface area (Å²) in [5.74, 6) is -0.964. The Morgan fingerprint density at radius 2 is 1.57 bits per heavy atom. The minimum Gasteiger partial charge on any atom is -0.354 e. The normalized spacial score (nSPS) is 13.5. The third-order valence-electron chi connectivity index (χ3n) is 6.34. The lowest BCUT2D eigenvalue weighted by atomic mass is 10.1. The fourth-order valence-corrected chi connectivity index (χ4v) is 4.29. The number of rotatable bonds is 12. The molecule has 0 aliphatic carbocycles. The van der Waals surface area contributed by atoms with Crippen LogP contribution >= 0.6 is 0 Å². The van der Waals surface area contributed by atoms with Gasteiger partial charge in [-0.2, -0.15) is 0 Å². The van der Waals surface area contributed by atoms with Crippen molar-refractivity contribution in [2.45, 2.75) is 65.5 Å². The first-order chi connectivity index (χ1) is 16.9. The van der Waals surface area contributed by atoms with E-state index in [0.29, 0.717) is 37.1 Å². The quantitative estimate of drug-likeness (QED) is 0.368. The van der Waals surface area contributed by atoms with Gasteiger partial charge in [0.05, 0.1) is 11.1 Å². The summed E-state index contributed by atoms with van der Waals surface area (Å²) in [4.78, 5) is 54.4. The van der Waals surface area contributed by atoms with E-state index in [-0.39, 0.29) is 36.6 Å². The van der Waals surface area contributed by atoms with Crippen LogP contribution in [0.25, 0.3) is 0 Å². The second-order valence-corrected chi connectivity index (χ2v) is 8.99. The highest BCUT2D eigenvalue weighted by atomic mass is 16.2. The molecule has 186 valence electrons. The smallest absolute Gasteiger partial charge is 0.261 e. The van der Waals surface area contributed by atoms with Gasteiger partial charge in [0.1, 0.15) is 6.04 Å². The topological polar surface area (TPSA) is 86.8 Å². The number of carbonyl (C=O) groups excluding carboxylic acids is 4. The molecule has 0 aromatic heterocycles.